The van der Waals surface area contributed by atoms with Crippen LogP contribution in [0.5, 0.6) is 0 Å². The molecule has 0 saturated heterocycles. The Labute approximate surface area is 341 Å². The summed E-state index contributed by atoms with van der Waals surface area (Å²) < 4.78 is 0. The summed E-state index contributed by atoms with van der Waals surface area (Å²) in [5.41, 5.74) is 19.5. The Morgan fingerprint density at radius 1 is 0.310 bits per heavy atom. The number of benzene rings is 9. The highest BCUT2D eigenvalue weighted by atomic mass is 15.1. The summed E-state index contributed by atoms with van der Waals surface area (Å²) in [6, 6.07) is 84.9. The Morgan fingerprint density at radius 3 is 1.43 bits per heavy atom. The first-order valence-electron chi connectivity index (χ1n) is 20.3. The average molecular weight is 740 g/mol. The molecule has 2 aliphatic rings. The van der Waals surface area contributed by atoms with Gasteiger partial charge in [0.15, 0.2) is 0 Å². The van der Waals surface area contributed by atoms with Crippen molar-refractivity contribution in [1.82, 2.24) is 0 Å². The van der Waals surface area contributed by atoms with E-state index in [0.29, 0.717) is 0 Å². The molecule has 1 atom stereocenters. The number of rotatable bonds is 7. The number of nitrogens with zero attached hydrogens (tertiary/aromatic N) is 1. The molecule has 1 nitrogen and oxygen atoms in total. The quantitative estimate of drug-likeness (QED) is 0.157. The Kier molecular flexibility index (Phi) is 7.91. The molecule has 9 aromatic carbocycles. The maximum absolute atomic E-state index is 2.43. The lowest BCUT2D eigenvalue weighted by Crippen LogP contribution is -2.28. The number of fused-ring (bicyclic) bond motifs is 6. The predicted octanol–water partition coefficient (Wildman–Crippen LogP) is 14.5. The van der Waals surface area contributed by atoms with Crippen LogP contribution in [0.2, 0.25) is 0 Å². The van der Waals surface area contributed by atoms with Gasteiger partial charge in [-0.1, -0.05) is 194 Å². The van der Waals surface area contributed by atoms with Gasteiger partial charge in [-0.2, -0.15) is 0 Å². The number of hydrogen-bond acceptors (Lipinski definition) is 1. The van der Waals surface area contributed by atoms with E-state index in [1.165, 1.54) is 72.3 Å². The Bertz CT molecular complexity index is 2890. The van der Waals surface area contributed by atoms with Crippen LogP contribution < -0.4 is 4.90 Å². The van der Waals surface area contributed by atoms with Gasteiger partial charge < -0.3 is 4.90 Å². The van der Waals surface area contributed by atoms with Gasteiger partial charge >= 0.3 is 0 Å². The van der Waals surface area contributed by atoms with Crippen LogP contribution in [-0.2, 0) is 10.8 Å². The first-order chi connectivity index (χ1) is 28.7. The fourth-order valence-electron chi connectivity index (χ4n) is 10.2. The molecule has 0 saturated carbocycles. The second-order valence-electron chi connectivity index (χ2n) is 15.7. The van der Waals surface area contributed by atoms with E-state index in [0.717, 1.165) is 17.1 Å². The van der Waals surface area contributed by atoms with E-state index in [2.05, 4.69) is 242 Å². The minimum atomic E-state index is -0.435. The summed E-state index contributed by atoms with van der Waals surface area (Å²) in [6.45, 7) is 2.39. The molecule has 0 spiro atoms. The van der Waals surface area contributed by atoms with Gasteiger partial charge in [-0.05, 0) is 116 Å². The summed E-state index contributed by atoms with van der Waals surface area (Å²) in [7, 11) is 0. The van der Waals surface area contributed by atoms with Gasteiger partial charge in [0.05, 0.1) is 5.41 Å². The van der Waals surface area contributed by atoms with Crippen molar-refractivity contribution in [2.45, 2.75) is 17.8 Å². The average Bonchev–Trinajstić information content (AvgIpc) is 3.75. The van der Waals surface area contributed by atoms with Crippen molar-refractivity contribution in [2.24, 2.45) is 0 Å². The summed E-state index contributed by atoms with van der Waals surface area (Å²) >= 11 is 0. The fourth-order valence-corrected chi connectivity index (χ4v) is 10.2. The third-order valence-electron chi connectivity index (χ3n) is 12.8. The molecule has 1 unspecified atom stereocenters. The first kappa shape index (κ1) is 34.1. The van der Waals surface area contributed by atoms with Crippen molar-refractivity contribution >= 4 is 17.1 Å². The maximum atomic E-state index is 2.43. The van der Waals surface area contributed by atoms with Crippen molar-refractivity contribution in [2.75, 3.05) is 4.90 Å². The molecule has 0 heterocycles. The van der Waals surface area contributed by atoms with Gasteiger partial charge in [0.25, 0.3) is 0 Å². The SMILES string of the molecule is CC1(c2ccccc2)c2ccccc2-c2ccc(N(c3ccccc3)c3ccc(-c4cccc5c4-c4ccccc4C5(c4ccccc4)c4ccccc4)cc3)cc21. The van der Waals surface area contributed by atoms with E-state index >= 15 is 0 Å². The topological polar surface area (TPSA) is 3.24 Å². The van der Waals surface area contributed by atoms with Gasteiger partial charge in [-0.15, -0.1) is 0 Å². The van der Waals surface area contributed by atoms with E-state index in [1.807, 2.05) is 0 Å². The molecule has 11 rings (SSSR count). The highest BCUT2D eigenvalue weighted by molar-refractivity contribution is 5.96. The Hall–Kier alpha value is -7.22. The standard InChI is InChI=1S/C57H41N/c1-56(41-19-6-2-7-20-41)51-30-16-14-27-48(51)49-38-37-46(39-54(49)56)58(44-25-12-5-13-26-44)45-35-33-40(34-36-45)47-29-18-32-53-55(47)50-28-15-17-31-52(50)57(53,42-21-8-3-9-22-42)43-23-10-4-11-24-43/h2-39H,1H3. The van der Waals surface area contributed by atoms with Gasteiger partial charge in [-0.3, -0.25) is 0 Å². The van der Waals surface area contributed by atoms with Crippen LogP contribution in [0.3, 0.4) is 0 Å². The number of anilines is 3. The minimum absolute atomic E-state index is 0.284. The van der Waals surface area contributed by atoms with Gasteiger partial charge in [0, 0.05) is 22.5 Å². The van der Waals surface area contributed by atoms with Crippen molar-refractivity contribution in [1.29, 1.82) is 0 Å². The van der Waals surface area contributed by atoms with Crippen LogP contribution in [0.25, 0.3) is 33.4 Å². The monoisotopic (exact) mass is 739 g/mol. The molecule has 274 valence electrons. The molecule has 0 N–H and O–H groups in total. The fraction of sp³-hybridized carbons (Fsp3) is 0.0526. The molecule has 0 radical (unpaired) electrons. The Balaban J connectivity index is 1.06. The van der Waals surface area contributed by atoms with Crippen LogP contribution in [-0.4, -0.2) is 0 Å². The van der Waals surface area contributed by atoms with Gasteiger partial charge in [-0.25, -0.2) is 0 Å². The third kappa shape index (κ3) is 4.96. The van der Waals surface area contributed by atoms with Crippen LogP contribution in [0, 0.1) is 0 Å². The predicted molar refractivity (Wildman–Crippen MR) is 241 cm³/mol. The zero-order valence-corrected chi connectivity index (χ0v) is 32.4. The third-order valence-corrected chi connectivity index (χ3v) is 12.8. The van der Waals surface area contributed by atoms with Crippen LogP contribution in [0.15, 0.2) is 231 Å². The molecule has 0 aromatic heterocycles. The van der Waals surface area contributed by atoms with Gasteiger partial charge in [0.1, 0.15) is 0 Å². The summed E-state index contributed by atoms with van der Waals surface area (Å²) in [6.07, 6.45) is 0. The molecule has 2 aliphatic carbocycles. The molecule has 0 fully saturated rings. The molecular formula is C57H41N. The molecule has 58 heavy (non-hydrogen) atoms. The zero-order valence-electron chi connectivity index (χ0n) is 32.4. The smallest absolute Gasteiger partial charge is 0.0713 e. The second kappa shape index (κ2) is 13.5. The van der Waals surface area contributed by atoms with E-state index in [1.54, 1.807) is 0 Å². The Morgan fingerprint density at radius 2 is 0.776 bits per heavy atom. The van der Waals surface area contributed by atoms with Gasteiger partial charge in [0.2, 0.25) is 0 Å². The lowest BCUT2D eigenvalue weighted by molar-refractivity contribution is 0.714. The van der Waals surface area contributed by atoms with Crippen molar-refractivity contribution in [3.63, 3.8) is 0 Å². The molecular weight excluding hydrogens is 699 g/mol. The highest BCUT2D eigenvalue weighted by Gasteiger charge is 2.47. The lowest BCUT2D eigenvalue weighted by atomic mass is 9.67. The van der Waals surface area contributed by atoms with Crippen LogP contribution in [0.1, 0.15) is 45.9 Å². The molecule has 9 aromatic rings. The molecule has 0 aliphatic heterocycles. The van der Waals surface area contributed by atoms with E-state index in [9.17, 15) is 0 Å². The molecule has 0 bridgehead atoms. The molecule has 1 heteroatoms. The van der Waals surface area contributed by atoms with E-state index in [4.69, 9.17) is 0 Å². The van der Waals surface area contributed by atoms with Crippen LogP contribution in [0.4, 0.5) is 17.1 Å². The minimum Gasteiger partial charge on any atom is -0.310 e. The van der Waals surface area contributed by atoms with Crippen LogP contribution >= 0.6 is 0 Å². The number of para-hydroxylation sites is 1. The highest BCUT2D eigenvalue weighted by Crippen LogP contribution is 2.58. The van der Waals surface area contributed by atoms with Crippen molar-refractivity contribution in [3.05, 3.63) is 269 Å². The summed E-state index contributed by atoms with van der Waals surface area (Å²) in [5, 5.41) is 0. The first-order valence-corrected chi connectivity index (χ1v) is 20.3. The number of hydrogen-bond donors (Lipinski definition) is 0. The maximum Gasteiger partial charge on any atom is 0.0713 e. The largest absolute Gasteiger partial charge is 0.310 e. The normalized spacial score (nSPS) is 15.5. The van der Waals surface area contributed by atoms with E-state index in [-0.39, 0.29) is 5.41 Å². The summed E-state index contributed by atoms with van der Waals surface area (Å²) in [5.74, 6) is 0. The lowest BCUT2D eigenvalue weighted by Gasteiger charge is -2.34. The van der Waals surface area contributed by atoms with Crippen molar-refractivity contribution < 1.29 is 0 Å². The van der Waals surface area contributed by atoms with E-state index < -0.39 is 5.41 Å². The second-order valence-corrected chi connectivity index (χ2v) is 15.7. The van der Waals surface area contributed by atoms with Crippen molar-refractivity contribution in [3.8, 4) is 33.4 Å². The zero-order chi connectivity index (χ0) is 38.7. The summed E-state index contributed by atoms with van der Waals surface area (Å²) in [4.78, 5) is 2.40. The molecule has 0 amide bonds.